The summed E-state index contributed by atoms with van der Waals surface area (Å²) in [7, 11) is 0. The first-order valence-electron chi connectivity index (χ1n) is 7.36. The maximum Gasteiger partial charge on any atom is 0.119 e. The number of ether oxygens (including phenoxy) is 2. The molecule has 2 rings (SSSR count). The van der Waals surface area contributed by atoms with E-state index >= 15 is 0 Å². The molecule has 1 N–H and O–H groups in total. The van der Waals surface area contributed by atoms with E-state index in [2.05, 4.69) is 43.4 Å². The summed E-state index contributed by atoms with van der Waals surface area (Å²) < 4.78 is 11.3. The van der Waals surface area contributed by atoms with Gasteiger partial charge in [0.25, 0.3) is 0 Å². The highest BCUT2D eigenvalue weighted by molar-refractivity contribution is 5.27. The van der Waals surface area contributed by atoms with Gasteiger partial charge < -0.3 is 14.8 Å². The number of hydrogen-bond acceptors (Lipinski definition) is 3. The van der Waals surface area contributed by atoms with Crippen molar-refractivity contribution in [3.63, 3.8) is 0 Å². The van der Waals surface area contributed by atoms with Gasteiger partial charge in [0.1, 0.15) is 5.75 Å². The van der Waals surface area contributed by atoms with Gasteiger partial charge in [-0.2, -0.15) is 0 Å². The van der Waals surface area contributed by atoms with E-state index in [9.17, 15) is 0 Å². The first-order chi connectivity index (χ1) is 9.28. The van der Waals surface area contributed by atoms with Crippen LogP contribution in [0.15, 0.2) is 24.3 Å². The molecule has 1 aliphatic heterocycles. The highest BCUT2D eigenvalue weighted by Gasteiger charge is 2.14. The van der Waals surface area contributed by atoms with Crippen LogP contribution in [0.25, 0.3) is 0 Å². The zero-order chi connectivity index (χ0) is 13.5. The van der Waals surface area contributed by atoms with Crippen molar-refractivity contribution in [2.24, 2.45) is 0 Å². The molecule has 1 aromatic carbocycles. The molecule has 1 heterocycles. The Bertz CT molecular complexity index is 358. The van der Waals surface area contributed by atoms with Crippen LogP contribution < -0.4 is 10.1 Å². The van der Waals surface area contributed by atoms with E-state index in [-0.39, 0.29) is 6.10 Å². The van der Waals surface area contributed by atoms with E-state index in [1.165, 1.54) is 18.4 Å². The third kappa shape index (κ3) is 4.84. The highest BCUT2D eigenvalue weighted by atomic mass is 16.5. The molecular weight excluding hydrogens is 238 g/mol. The van der Waals surface area contributed by atoms with Crippen molar-refractivity contribution >= 4 is 0 Å². The number of hydrogen-bond donors (Lipinski definition) is 1. The normalized spacial score (nSPS) is 20.4. The van der Waals surface area contributed by atoms with Crippen LogP contribution in [0.5, 0.6) is 5.75 Å². The van der Waals surface area contributed by atoms with Gasteiger partial charge >= 0.3 is 0 Å². The van der Waals surface area contributed by atoms with Crippen LogP contribution in [0, 0.1) is 0 Å². The molecule has 0 unspecified atom stereocenters. The predicted molar refractivity (Wildman–Crippen MR) is 77.5 cm³/mol. The van der Waals surface area contributed by atoms with E-state index in [1.807, 2.05) is 0 Å². The predicted octanol–water partition coefficient (Wildman–Crippen LogP) is 3.13. The Balaban J connectivity index is 1.71. The molecule has 0 aromatic heterocycles. The average molecular weight is 263 g/mol. The zero-order valence-electron chi connectivity index (χ0n) is 12.0. The van der Waals surface area contributed by atoms with Crippen molar-refractivity contribution in [2.45, 2.75) is 51.9 Å². The van der Waals surface area contributed by atoms with E-state index < -0.39 is 0 Å². The van der Waals surface area contributed by atoms with E-state index in [0.717, 1.165) is 31.9 Å². The lowest BCUT2D eigenvalue weighted by molar-refractivity contribution is 0.110. The summed E-state index contributed by atoms with van der Waals surface area (Å²) in [5.41, 5.74) is 1.29. The quantitative estimate of drug-likeness (QED) is 0.820. The maximum atomic E-state index is 5.76. The first kappa shape index (κ1) is 14.4. The fraction of sp³-hybridized carbons (Fsp3) is 0.625. The minimum absolute atomic E-state index is 0.281. The molecular formula is C16H25NO2. The minimum atomic E-state index is 0.281. The Hall–Kier alpha value is -1.06. The molecule has 0 saturated carbocycles. The Morgan fingerprint density at radius 2 is 2.16 bits per heavy atom. The Labute approximate surface area is 116 Å². The van der Waals surface area contributed by atoms with E-state index in [1.54, 1.807) is 0 Å². The number of nitrogens with one attached hydrogen (secondary N) is 1. The molecule has 0 bridgehead atoms. The maximum absolute atomic E-state index is 5.76. The van der Waals surface area contributed by atoms with Gasteiger partial charge in [-0.15, -0.1) is 0 Å². The van der Waals surface area contributed by atoms with Crippen molar-refractivity contribution in [2.75, 3.05) is 13.2 Å². The summed E-state index contributed by atoms with van der Waals surface area (Å²) in [6.45, 7) is 6.99. The van der Waals surface area contributed by atoms with Crippen molar-refractivity contribution < 1.29 is 9.47 Å². The summed E-state index contributed by atoms with van der Waals surface area (Å²) in [5, 5.41) is 3.45. The topological polar surface area (TPSA) is 30.5 Å². The average Bonchev–Trinajstić information content (AvgIpc) is 2.94. The highest BCUT2D eigenvalue weighted by Crippen LogP contribution is 2.15. The molecule has 19 heavy (non-hydrogen) atoms. The molecule has 0 amide bonds. The van der Waals surface area contributed by atoms with Gasteiger partial charge in [0.15, 0.2) is 0 Å². The minimum Gasteiger partial charge on any atom is -0.491 e. The van der Waals surface area contributed by atoms with Crippen LogP contribution in [-0.4, -0.2) is 25.4 Å². The van der Waals surface area contributed by atoms with Crippen LogP contribution in [-0.2, 0) is 11.3 Å². The number of rotatable bonds is 7. The first-order valence-corrected chi connectivity index (χ1v) is 7.36. The summed E-state index contributed by atoms with van der Waals surface area (Å²) in [6, 6.07) is 8.35. The third-order valence-electron chi connectivity index (χ3n) is 3.56. The molecule has 106 valence electrons. The SMILES string of the molecule is CC[C@@H](C)Oc1ccc(CNC[C@H]2CCCO2)cc1. The van der Waals surface area contributed by atoms with Gasteiger partial charge in [0, 0.05) is 19.7 Å². The summed E-state index contributed by atoms with van der Waals surface area (Å²) >= 11 is 0. The summed E-state index contributed by atoms with van der Waals surface area (Å²) in [4.78, 5) is 0. The van der Waals surface area contributed by atoms with Crippen LogP contribution in [0.4, 0.5) is 0 Å². The van der Waals surface area contributed by atoms with E-state index in [4.69, 9.17) is 9.47 Å². The Morgan fingerprint density at radius 3 is 2.79 bits per heavy atom. The molecule has 1 aliphatic rings. The second-order valence-electron chi connectivity index (χ2n) is 5.25. The van der Waals surface area contributed by atoms with Crippen molar-refractivity contribution in [3.8, 4) is 5.75 Å². The van der Waals surface area contributed by atoms with Gasteiger partial charge in [-0.1, -0.05) is 19.1 Å². The summed E-state index contributed by atoms with van der Waals surface area (Å²) in [5.74, 6) is 0.956. The number of benzene rings is 1. The molecule has 1 aromatic rings. The van der Waals surface area contributed by atoms with E-state index in [0.29, 0.717) is 6.10 Å². The van der Waals surface area contributed by atoms with Gasteiger partial charge in [0.05, 0.1) is 12.2 Å². The van der Waals surface area contributed by atoms with Gasteiger partial charge in [-0.05, 0) is 43.9 Å². The van der Waals surface area contributed by atoms with Crippen molar-refractivity contribution in [3.05, 3.63) is 29.8 Å². The fourth-order valence-electron chi connectivity index (χ4n) is 2.18. The second kappa shape index (κ2) is 7.51. The van der Waals surface area contributed by atoms with Gasteiger partial charge in [0.2, 0.25) is 0 Å². The lowest BCUT2D eigenvalue weighted by atomic mass is 10.2. The summed E-state index contributed by atoms with van der Waals surface area (Å²) in [6.07, 6.45) is 4.12. The van der Waals surface area contributed by atoms with Gasteiger partial charge in [-0.3, -0.25) is 0 Å². The van der Waals surface area contributed by atoms with Crippen LogP contribution in [0.1, 0.15) is 38.7 Å². The smallest absolute Gasteiger partial charge is 0.119 e. The lowest BCUT2D eigenvalue weighted by Crippen LogP contribution is -2.25. The molecule has 2 atom stereocenters. The fourth-order valence-corrected chi connectivity index (χ4v) is 2.18. The Morgan fingerprint density at radius 1 is 1.37 bits per heavy atom. The van der Waals surface area contributed by atoms with Crippen LogP contribution in [0.2, 0.25) is 0 Å². The molecule has 0 spiro atoms. The molecule has 3 nitrogen and oxygen atoms in total. The standard InChI is InChI=1S/C16H25NO2/c1-3-13(2)19-15-8-6-14(7-9-15)11-17-12-16-5-4-10-18-16/h6-9,13,16-17H,3-5,10-12H2,1-2H3/t13-,16-/m1/s1. The molecule has 3 heteroatoms. The Kier molecular flexibility index (Phi) is 5.67. The monoisotopic (exact) mass is 263 g/mol. The zero-order valence-corrected chi connectivity index (χ0v) is 12.0. The van der Waals surface area contributed by atoms with Crippen LogP contribution >= 0.6 is 0 Å². The van der Waals surface area contributed by atoms with Crippen molar-refractivity contribution in [1.82, 2.24) is 5.32 Å². The van der Waals surface area contributed by atoms with Gasteiger partial charge in [-0.25, -0.2) is 0 Å². The van der Waals surface area contributed by atoms with Crippen molar-refractivity contribution in [1.29, 1.82) is 0 Å². The lowest BCUT2D eigenvalue weighted by Gasteiger charge is -2.13. The molecule has 1 saturated heterocycles. The third-order valence-corrected chi connectivity index (χ3v) is 3.56. The molecule has 1 fully saturated rings. The largest absolute Gasteiger partial charge is 0.491 e. The van der Waals surface area contributed by atoms with Crippen LogP contribution in [0.3, 0.4) is 0 Å². The second-order valence-corrected chi connectivity index (χ2v) is 5.25. The molecule has 0 radical (unpaired) electrons. The molecule has 0 aliphatic carbocycles.